The molecule has 24 heavy (non-hydrogen) atoms. The lowest BCUT2D eigenvalue weighted by molar-refractivity contribution is -0.117. The average Bonchev–Trinajstić information content (AvgIpc) is 2.58. The minimum absolute atomic E-state index is 0.0754. The van der Waals surface area contributed by atoms with Crippen LogP contribution in [0.2, 0.25) is 0 Å². The number of para-hydroxylation sites is 1. The number of nitrogens with one attached hydrogen (secondary N) is 1. The van der Waals surface area contributed by atoms with Crippen LogP contribution >= 0.6 is 22.6 Å². The molecule has 0 atom stereocenters. The van der Waals surface area contributed by atoms with Gasteiger partial charge in [-0.05, 0) is 53.1 Å². The predicted octanol–water partition coefficient (Wildman–Crippen LogP) is 2.48. The maximum atomic E-state index is 12.4. The van der Waals surface area contributed by atoms with Gasteiger partial charge < -0.3 is 5.32 Å². The van der Waals surface area contributed by atoms with E-state index < -0.39 is 5.56 Å². The number of anilines is 1. The molecule has 0 aliphatic carbocycles. The Morgan fingerprint density at radius 1 is 1.33 bits per heavy atom. The molecule has 1 heterocycles. The number of hydrogen-bond acceptors (Lipinski definition) is 4. The van der Waals surface area contributed by atoms with Crippen molar-refractivity contribution in [2.45, 2.75) is 33.2 Å². The van der Waals surface area contributed by atoms with Gasteiger partial charge in [0, 0.05) is 3.57 Å². The van der Waals surface area contributed by atoms with Crippen LogP contribution in [-0.2, 0) is 24.2 Å². The van der Waals surface area contributed by atoms with E-state index in [1.54, 1.807) is 6.07 Å². The molecule has 0 spiro atoms. The highest BCUT2D eigenvalue weighted by atomic mass is 127. The number of rotatable bonds is 5. The van der Waals surface area contributed by atoms with E-state index >= 15 is 0 Å². The predicted molar refractivity (Wildman–Crippen MR) is 99.8 cm³/mol. The molecule has 1 N–H and O–H groups in total. The molecule has 0 saturated carbocycles. The minimum Gasteiger partial charge on any atom is -0.324 e. The molecule has 0 saturated heterocycles. The van der Waals surface area contributed by atoms with Crippen LogP contribution in [0, 0.1) is 14.9 Å². The fourth-order valence-corrected chi connectivity index (χ4v) is 2.95. The summed E-state index contributed by atoms with van der Waals surface area (Å²) >= 11 is 2.12. The molecule has 1 aromatic carbocycles. The van der Waals surface area contributed by atoms with Gasteiger partial charge in [-0.2, -0.15) is 10.4 Å². The molecule has 0 aliphatic rings. The molecule has 1 amide bonds. The normalized spacial score (nSPS) is 10.2. The Morgan fingerprint density at radius 3 is 2.62 bits per heavy atom. The molecule has 0 bridgehead atoms. The average molecular weight is 436 g/mol. The summed E-state index contributed by atoms with van der Waals surface area (Å²) in [5.41, 5.74) is 1.57. The second-order valence-corrected chi connectivity index (χ2v) is 6.27. The lowest BCUT2D eigenvalue weighted by Gasteiger charge is -2.12. The number of nitriles is 1. The maximum absolute atomic E-state index is 12.4. The fraction of sp³-hybridized carbons (Fsp3) is 0.294. The number of amides is 1. The van der Waals surface area contributed by atoms with E-state index in [-0.39, 0.29) is 18.0 Å². The summed E-state index contributed by atoms with van der Waals surface area (Å²) in [6.07, 6.45) is 1.15. The zero-order valence-electron chi connectivity index (χ0n) is 13.5. The number of carbonyl (C=O) groups is 1. The molecule has 0 fully saturated rings. The van der Waals surface area contributed by atoms with Gasteiger partial charge >= 0.3 is 0 Å². The van der Waals surface area contributed by atoms with Crippen molar-refractivity contribution in [2.24, 2.45) is 0 Å². The van der Waals surface area contributed by atoms with E-state index in [9.17, 15) is 14.9 Å². The molecule has 0 unspecified atom stereocenters. The molecule has 0 radical (unpaired) electrons. The summed E-state index contributed by atoms with van der Waals surface area (Å²) in [7, 11) is 0. The monoisotopic (exact) mass is 436 g/mol. The summed E-state index contributed by atoms with van der Waals surface area (Å²) in [6, 6.07) is 9.31. The van der Waals surface area contributed by atoms with Crippen molar-refractivity contribution in [3.63, 3.8) is 0 Å². The van der Waals surface area contributed by atoms with Gasteiger partial charge in [0.15, 0.2) is 0 Å². The second-order valence-electron chi connectivity index (χ2n) is 5.11. The number of nitrogens with zero attached hydrogens (tertiary/aromatic N) is 3. The number of carbonyl (C=O) groups excluding carboxylic acids is 1. The van der Waals surface area contributed by atoms with Gasteiger partial charge in [-0.3, -0.25) is 9.59 Å². The largest absolute Gasteiger partial charge is 0.324 e. The van der Waals surface area contributed by atoms with Crippen LogP contribution in [0.1, 0.15) is 30.7 Å². The highest BCUT2D eigenvalue weighted by molar-refractivity contribution is 14.1. The van der Waals surface area contributed by atoms with Gasteiger partial charge in [-0.15, -0.1) is 0 Å². The highest BCUT2D eigenvalue weighted by Gasteiger charge is 2.17. The topological polar surface area (TPSA) is 87.8 Å². The zero-order chi connectivity index (χ0) is 17.7. The molecule has 1 aromatic heterocycles. The van der Waals surface area contributed by atoms with Crippen LogP contribution in [0.4, 0.5) is 5.69 Å². The van der Waals surface area contributed by atoms with Crippen molar-refractivity contribution < 1.29 is 4.79 Å². The molecule has 2 rings (SSSR count). The Hall–Kier alpha value is -2.21. The van der Waals surface area contributed by atoms with Crippen LogP contribution in [-0.4, -0.2) is 15.7 Å². The lowest BCUT2D eigenvalue weighted by atomic mass is 10.0. The Morgan fingerprint density at radius 2 is 2.04 bits per heavy atom. The van der Waals surface area contributed by atoms with Crippen LogP contribution < -0.4 is 10.9 Å². The van der Waals surface area contributed by atoms with Crippen molar-refractivity contribution in [3.05, 3.63) is 55.0 Å². The van der Waals surface area contributed by atoms with Crippen molar-refractivity contribution in [3.8, 4) is 6.07 Å². The third-order valence-electron chi connectivity index (χ3n) is 3.58. The van der Waals surface area contributed by atoms with Crippen LogP contribution in [0.15, 0.2) is 29.1 Å². The van der Waals surface area contributed by atoms with E-state index in [1.165, 1.54) is 0 Å². The molecule has 7 heteroatoms. The van der Waals surface area contributed by atoms with Crippen LogP contribution in [0.5, 0.6) is 0 Å². The first-order valence-corrected chi connectivity index (χ1v) is 8.67. The van der Waals surface area contributed by atoms with E-state index in [4.69, 9.17) is 0 Å². The molecule has 6 nitrogen and oxygen atoms in total. The summed E-state index contributed by atoms with van der Waals surface area (Å²) in [5, 5.41) is 16.3. The summed E-state index contributed by atoms with van der Waals surface area (Å²) < 4.78 is 1.97. The van der Waals surface area contributed by atoms with Crippen molar-refractivity contribution >= 4 is 34.2 Å². The quantitative estimate of drug-likeness (QED) is 0.730. The zero-order valence-corrected chi connectivity index (χ0v) is 15.6. The summed E-state index contributed by atoms with van der Waals surface area (Å²) in [4.78, 5) is 24.6. The molecule has 124 valence electrons. The van der Waals surface area contributed by atoms with Gasteiger partial charge in [-0.25, -0.2) is 4.68 Å². The standard InChI is InChI=1S/C17H17IN4O2/c1-3-11-12(9-19)17(24)22(21-14(11)4-2)10-16(23)20-15-8-6-5-7-13(15)18/h5-8H,3-4,10H2,1-2H3,(H,20,23). The molecular weight excluding hydrogens is 419 g/mol. The smallest absolute Gasteiger partial charge is 0.285 e. The number of aryl methyl sites for hydroxylation is 1. The van der Waals surface area contributed by atoms with Crippen LogP contribution in [0.25, 0.3) is 0 Å². The summed E-state index contributed by atoms with van der Waals surface area (Å²) in [6.45, 7) is 3.56. The SMILES string of the molecule is CCc1nn(CC(=O)Nc2ccccc2I)c(=O)c(C#N)c1CC. The van der Waals surface area contributed by atoms with E-state index in [2.05, 4.69) is 33.0 Å². The molecule has 0 aliphatic heterocycles. The van der Waals surface area contributed by atoms with Crippen molar-refractivity contribution in [2.75, 3.05) is 5.32 Å². The minimum atomic E-state index is -0.524. The highest BCUT2D eigenvalue weighted by Crippen LogP contribution is 2.17. The van der Waals surface area contributed by atoms with Crippen molar-refractivity contribution in [1.29, 1.82) is 5.26 Å². The van der Waals surface area contributed by atoms with E-state index in [1.807, 2.05) is 38.1 Å². The number of aromatic nitrogens is 2. The van der Waals surface area contributed by atoms with E-state index in [0.29, 0.717) is 29.8 Å². The fourth-order valence-electron chi connectivity index (χ4n) is 2.43. The third kappa shape index (κ3) is 3.82. The summed E-state index contributed by atoms with van der Waals surface area (Å²) in [5.74, 6) is -0.357. The Bertz CT molecular complexity index is 868. The Kier molecular flexibility index (Phi) is 6.09. The Balaban J connectivity index is 2.33. The third-order valence-corrected chi connectivity index (χ3v) is 4.52. The van der Waals surface area contributed by atoms with Gasteiger partial charge in [0.05, 0.1) is 11.4 Å². The first kappa shape index (κ1) is 18.1. The lowest BCUT2D eigenvalue weighted by Crippen LogP contribution is -2.33. The second kappa shape index (κ2) is 8.06. The van der Waals surface area contributed by atoms with Gasteiger partial charge in [0.2, 0.25) is 5.91 Å². The van der Waals surface area contributed by atoms with Gasteiger partial charge in [0.25, 0.3) is 5.56 Å². The van der Waals surface area contributed by atoms with Crippen molar-refractivity contribution in [1.82, 2.24) is 9.78 Å². The Labute approximate surface area is 153 Å². The van der Waals surface area contributed by atoms with Gasteiger partial charge in [0.1, 0.15) is 18.2 Å². The number of benzene rings is 1. The van der Waals surface area contributed by atoms with Gasteiger partial charge in [-0.1, -0.05) is 26.0 Å². The molecular formula is C17H17IN4O2. The van der Waals surface area contributed by atoms with Crippen LogP contribution in [0.3, 0.4) is 0 Å². The first-order valence-electron chi connectivity index (χ1n) is 7.59. The first-order chi connectivity index (χ1) is 11.5. The van der Waals surface area contributed by atoms with E-state index in [0.717, 1.165) is 8.25 Å². The molecule has 2 aromatic rings. The number of halogens is 1. The maximum Gasteiger partial charge on any atom is 0.285 e. The number of hydrogen-bond donors (Lipinski definition) is 1.